The Labute approximate surface area is 51.4 Å². The van der Waals surface area contributed by atoms with Crippen molar-refractivity contribution in [2.45, 2.75) is 20.2 Å². The molecule has 1 aliphatic heterocycles. The molecule has 0 N–H and O–H groups in total. The summed E-state index contributed by atoms with van der Waals surface area (Å²) in [5.41, 5.74) is 1.50. The van der Waals surface area contributed by atoms with E-state index in [9.17, 15) is 0 Å². The summed E-state index contributed by atoms with van der Waals surface area (Å²) in [4.78, 5) is 0. The Kier molecular flexibility index (Phi) is 1.57. The second-order valence-electron chi connectivity index (χ2n) is 2.50. The van der Waals surface area contributed by atoms with Crippen LogP contribution in [0.2, 0.25) is 6.82 Å². The molecule has 0 fully saturated rings. The van der Waals surface area contributed by atoms with Crippen LogP contribution in [0.5, 0.6) is 0 Å². The fourth-order valence-corrected chi connectivity index (χ4v) is 1.04. The summed E-state index contributed by atoms with van der Waals surface area (Å²) in [5.74, 6) is 4.55. The maximum Gasteiger partial charge on any atom is 0.188 e. The standard InChI is InChI=1S/C7H11B/c1-7-4-3-5-8(2)6-7/h3,5-6H,4H2,1-2H3. The molecule has 0 atom stereocenters. The van der Waals surface area contributed by atoms with E-state index >= 15 is 0 Å². The topological polar surface area (TPSA) is 0 Å². The molecule has 0 aromatic carbocycles. The van der Waals surface area contributed by atoms with Gasteiger partial charge in [0.05, 0.1) is 0 Å². The molecule has 0 radical (unpaired) electrons. The van der Waals surface area contributed by atoms with Crippen LogP contribution in [0.4, 0.5) is 0 Å². The number of allylic oxidation sites excluding steroid dienone is 2. The van der Waals surface area contributed by atoms with Gasteiger partial charge in [-0.2, -0.15) is 0 Å². The quantitative estimate of drug-likeness (QED) is 0.415. The first kappa shape index (κ1) is 5.68. The van der Waals surface area contributed by atoms with E-state index in [-0.39, 0.29) is 0 Å². The molecule has 42 valence electrons. The smallest absolute Gasteiger partial charge is 0.114 e. The van der Waals surface area contributed by atoms with E-state index in [1.165, 1.54) is 5.57 Å². The summed E-state index contributed by atoms with van der Waals surface area (Å²) >= 11 is 0. The highest BCUT2D eigenvalue weighted by Gasteiger charge is 2.01. The first-order chi connectivity index (χ1) is 3.79. The molecule has 0 bridgehead atoms. The van der Waals surface area contributed by atoms with Crippen LogP contribution in [0.25, 0.3) is 0 Å². The Bertz CT molecular complexity index is 133. The number of rotatable bonds is 0. The predicted octanol–water partition coefficient (Wildman–Crippen LogP) is 2.10. The van der Waals surface area contributed by atoms with Gasteiger partial charge >= 0.3 is 0 Å². The van der Waals surface area contributed by atoms with Crippen LogP contribution in [0, 0.1) is 0 Å². The van der Waals surface area contributed by atoms with Crippen LogP contribution < -0.4 is 0 Å². The highest BCUT2D eigenvalue weighted by atomic mass is 13.9. The maximum atomic E-state index is 2.31. The molecular formula is C7H11B. The third-order valence-corrected chi connectivity index (χ3v) is 1.43. The van der Waals surface area contributed by atoms with Gasteiger partial charge in [-0.3, -0.25) is 0 Å². The largest absolute Gasteiger partial charge is 0.188 e. The third-order valence-electron chi connectivity index (χ3n) is 1.43. The zero-order chi connectivity index (χ0) is 5.98. The molecule has 8 heavy (non-hydrogen) atoms. The summed E-state index contributed by atoms with van der Waals surface area (Å²) in [7, 11) is 0. The molecule has 0 unspecified atom stereocenters. The van der Waals surface area contributed by atoms with Gasteiger partial charge < -0.3 is 0 Å². The van der Waals surface area contributed by atoms with Gasteiger partial charge in [0.25, 0.3) is 0 Å². The lowest BCUT2D eigenvalue weighted by molar-refractivity contribution is 1.21. The van der Waals surface area contributed by atoms with Crippen molar-refractivity contribution in [3.63, 3.8) is 0 Å². The molecule has 1 heterocycles. The lowest BCUT2D eigenvalue weighted by atomic mass is 9.50. The van der Waals surface area contributed by atoms with Gasteiger partial charge in [0.1, 0.15) is 0 Å². The fourth-order valence-electron chi connectivity index (χ4n) is 1.04. The molecule has 0 aliphatic carbocycles. The van der Waals surface area contributed by atoms with Gasteiger partial charge in [-0.25, -0.2) is 0 Å². The Hall–Kier alpha value is -0.455. The zero-order valence-corrected chi connectivity index (χ0v) is 5.52. The van der Waals surface area contributed by atoms with Crippen molar-refractivity contribution in [3.05, 3.63) is 23.6 Å². The van der Waals surface area contributed by atoms with E-state index in [2.05, 4.69) is 31.8 Å². The van der Waals surface area contributed by atoms with Crippen LogP contribution in [0.3, 0.4) is 0 Å². The molecule has 1 aliphatic rings. The summed E-state index contributed by atoms with van der Waals surface area (Å²) < 4.78 is 0. The minimum absolute atomic E-state index is 0.670. The predicted molar refractivity (Wildman–Crippen MR) is 39.1 cm³/mol. The zero-order valence-electron chi connectivity index (χ0n) is 5.52. The van der Waals surface area contributed by atoms with E-state index in [4.69, 9.17) is 0 Å². The lowest BCUT2D eigenvalue weighted by Crippen LogP contribution is -2.02. The average Bonchev–Trinajstić information content (AvgIpc) is 1.64. The highest BCUT2D eigenvalue weighted by molar-refractivity contribution is 6.68. The molecule has 0 saturated heterocycles. The number of hydrogen-bond donors (Lipinski definition) is 0. The monoisotopic (exact) mass is 106 g/mol. The Morgan fingerprint density at radius 1 is 1.62 bits per heavy atom. The number of hydrogen-bond acceptors (Lipinski definition) is 0. The van der Waals surface area contributed by atoms with Gasteiger partial charge in [0, 0.05) is 0 Å². The molecule has 0 saturated carbocycles. The lowest BCUT2D eigenvalue weighted by Gasteiger charge is -2.03. The van der Waals surface area contributed by atoms with Crippen molar-refractivity contribution < 1.29 is 0 Å². The maximum absolute atomic E-state index is 2.31. The van der Waals surface area contributed by atoms with Crippen LogP contribution >= 0.6 is 0 Å². The Morgan fingerprint density at radius 2 is 2.38 bits per heavy atom. The second kappa shape index (κ2) is 2.21. The summed E-state index contributed by atoms with van der Waals surface area (Å²) in [5, 5.41) is 0. The minimum Gasteiger partial charge on any atom is -0.114 e. The van der Waals surface area contributed by atoms with Gasteiger partial charge in [-0.05, 0) is 13.3 Å². The SMILES string of the molecule is CB1C=CCC(C)=C1. The molecule has 0 amide bonds. The van der Waals surface area contributed by atoms with E-state index in [0.717, 1.165) is 6.42 Å². The highest BCUT2D eigenvalue weighted by Crippen LogP contribution is 2.08. The normalized spacial score (nSPS) is 18.8. The fraction of sp³-hybridized carbons (Fsp3) is 0.429. The van der Waals surface area contributed by atoms with Crippen LogP contribution in [-0.4, -0.2) is 6.71 Å². The van der Waals surface area contributed by atoms with Crippen LogP contribution in [0.1, 0.15) is 13.3 Å². The van der Waals surface area contributed by atoms with Gasteiger partial charge in [-0.1, -0.05) is 18.5 Å². The molecule has 0 nitrogen and oxygen atoms in total. The average molecular weight is 106 g/mol. The summed E-state index contributed by atoms with van der Waals surface area (Å²) in [6, 6.07) is 0. The van der Waals surface area contributed by atoms with Gasteiger partial charge in [0.15, 0.2) is 6.71 Å². The molecular weight excluding hydrogens is 94.9 g/mol. The van der Waals surface area contributed by atoms with Crippen molar-refractivity contribution in [2.24, 2.45) is 0 Å². The summed E-state index contributed by atoms with van der Waals surface area (Å²) in [6.07, 6.45) is 3.39. The molecule has 1 rings (SSSR count). The van der Waals surface area contributed by atoms with Gasteiger partial charge in [0.2, 0.25) is 0 Å². The first-order valence-electron chi connectivity index (χ1n) is 3.13. The van der Waals surface area contributed by atoms with Crippen molar-refractivity contribution in [1.29, 1.82) is 0 Å². The van der Waals surface area contributed by atoms with E-state index in [0.29, 0.717) is 6.71 Å². The van der Waals surface area contributed by atoms with E-state index < -0.39 is 0 Å². The van der Waals surface area contributed by atoms with Gasteiger partial charge in [-0.15, -0.1) is 12.0 Å². The molecule has 1 heteroatoms. The second-order valence-corrected chi connectivity index (χ2v) is 2.50. The van der Waals surface area contributed by atoms with Crippen molar-refractivity contribution >= 4 is 6.71 Å². The van der Waals surface area contributed by atoms with Crippen molar-refractivity contribution in [1.82, 2.24) is 0 Å². The van der Waals surface area contributed by atoms with E-state index in [1.807, 2.05) is 0 Å². The third kappa shape index (κ3) is 1.26. The molecule has 0 spiro atoms. The first-order valence-corrected chi connectivity index (χ1v) is 3.13. The minimum atomic E-state index is 0.670. The summed E-state index contributed by atoms with van der Waals surface area (Å²) in [6.45, 7) is 5.06. The van der Waals surface area contributed by atoms with Crippen molar-refractivity contribution in [2.75, 3.05) is 0 Å². The van der Waals surface area contributed by atoms with Crippen molar-refractivity contribution in [3.8, 4) is 0 Å². The Morgan fingerprint density at radius 3 is 2.75 bits per heavy atom. The Balaban J connectivity index is 2.60. The molecule has 0 aromatic heterocycles. The van der Waals surface area contributed by atoms with Crippen LogP contribution in [-0.2, 0) is 0 Å². The van der Waals surface area contributed by atoms with Crippen LogP contribution in [0.15, 0.2) is 23.6 Å². The molecule has 0 aromatic rings. The van der Waals surface area contributed by atoms with E-state index in [1.54, 1.807) is 0 Å².